The Bertz CT molecular complexity index is 1560. The van der Waals surface area contributed by atoms with Crippen LogP contribution in [0, 0.1) is 11.7 Å². The molecule has 1 aliphatic rings. The minimum Gasteiger partial charge on any atom is -0.481 e. The van der Waals surface area contributed by atoms with E-state index in [9.17, 15) is 4.79 Å². The van der Waals surface area contributed by atoms with Gasteiger partial charge in [-0.3, -0.25) is 4.79 Å². The van der Waals surface area contributed by atoms with E-state index in [2.05, 4.69) is 47.7 Å². The zero-order valence-corrected chi connectivity index (χ0v) is 19.9. The molecule has 3 aromatic heterocycles. The standard InChI is InChI=1S/C27H24FN7O2/c28-21-14-19(18-7-5-17(6-8-18)16-3-1-15(2-4-16)13-24(36)37)9-10-20(21)25-29-22-11-12-23(30-26(22)31-25)27-32-34-35-33-27/h5-12,14-16H,1-4,13H2,(H,36,37)(H,29,30,31)(H,32,33,34,35). The molecular weight excluding hydrogens is 473 g/mol. The van der Waals surface area contributed by atoms with Crippen LogP contribution in [0.25, 0.3) is 45.2 Å². The zero-order chi connectivity index (χ0) is 25.4. The van der Waals surface area contributed by atoms with Crippen LogP contribution in [-0.2, 0) is 4.79 Å². The summed E-state index contributed by atoms with van der Waals surface area (Å²) < 4.78 is 15.2. The summed E-state index contributed by atoms with van der Waals surface area (Å²) in [6.07, 6.45) is 4.16. The maximum absolute atomic E-state index is 15.2. The monoisotopic (exact) mass is 497 g/mol. The van der Waals surface area contributed by atoms with E-state index in [1.807, 2.05) is 18.2 Å². The van der Waals surface area contributed by atoms with Crippen LogP contribution in [-0.4, -0.2) is 46.7 Å². The number of carboxylic acid groups (broad SMARTS) is 1. The first-order chi connectivity index (χ1) is 18.0. The third kappa shape index (κ3) is 4.69. The number of pyridine rings is 1. The van der Waals surface area contributed by atoms with E-state index in [0.29, 0.717) is 40.0 Å². The first-order valence-electron chi connectivity index (χ1n) is 12.3. The van der Waals surface area contributed by atoms with Crippen LogP contribution >= 0.6 is 0 Å². The molecular formula is C27H24FN7O2. The molecule has 0 spiro atoms. The fourth-order valence-electron chi connectivity index (χ4n) is 5.20. The van der Waals surface area contributed by atoms with Gasteiger partial charge < -0.3 is 10.1 Å². The van der Waals surface area contributed by atoms with Gasteiger partial charge in [0.2, 0.25) is 5.82 Å². The van der Waals surface area contributed by atoms with E-state index >= 15 is 4.39 Å². The van der Waals surface area contributed by atoms with Crippen molar-refractivity contribution < 1.29 is 14.3 Å². The number of H-pyrrole nitrogens is 2. The smallest absolute Gasteiger partial charge is 0.303 e. The highest BCUT2D eigenvalue weighted by Crippen LogP contribution is 2.38. The van der Waals surface area contributed by atoms with Crippen molar-refractivity contribution in [3.8, 4) is 34.0 Å². The number of benzene rings is 2. The molecule has 3 N–H and O–H groups in total. The Morgan fingerprint density at radius 1 is 0.973 bits per heavy atom. The van der Waals surface area contributed by atoms with Crippen molar-refractivity contribution in [2.75, 3.05) is 0 Å². The van der Waals surface area contributed by atoms with E-state index in [0.717, 1.165) is 36.8 Å². The van der Waals surface area contributed by atoms with E-state index in [-0.39, 0.29) is 18.2 Å². The lowest BCUT2D eigenvalue weighted by atomic mass is 9.77. The van der Waals surface area contributed by atoms with Gasteiger partial charge in [0.15, 0.2) is 5.65 Å². The molecule has 186 valence electrons. The molecule has 5 aromatic rings. The van der Waals surface area contributed by atoms with Crippen molar-refractivity contribution >= 4 is 17.1 Å². The summed E-state index contributed by atoms with van der Waals surface area (Å²) in [6, 6.07) is 16.9. The van der Waals surface area contributed by atoms with Gasteiger partial charge in [-0.05, 0) is 83.7 Å². The summed E-state index contributed by atoms with van der Waals surface area (Å²) >= 11 is 0. The molecule has 9 nitrogen and oxygen atoms in total. The number of carbonyl (C=O) groups is 1. The lowest BCUT2D eigenvalue weighted by Gasteiger charge is -2.28. The SMILES string of the molecule is O=C(O)CC1CCC(c2ccc(-c3ccc(-c4nc5nc(-c6nn[nH]n6)ccc5[nH]4)c(F)c3)cc2)CC1. The molecule has 0 radical (unpaired) electrons. The van der Waals surface area contributed by atoms with Gasteiger partial charge >= 0.3 is 5.97 Å². The molecule has 10 heteroatoms. The van der Waals surface area contributed by atoms with Gasteiger partial charge in [-0.25, -0.2) is 14.4 Å². The van der Waals surface area contributed by atoms with Gasteiger partial charge in [-0.15, -0.1) is 10.2 Å². The second-order valence-electron chi connectivity index (χ2n) is 9.52. The summed E-state index contributed by atoms with van der Waals surface area (Å²) in [7, 11) is 0. The predicted molar refractivity (Wildman–Crippen MR) is 135 cm³/mol. The van der Waals surface area contributed by atoms with Crippen LogP contribution in [0.5, 0.6) is 0 Å². The molecule has 0 atom stereocenters. The molecule has 1 fully saturated rings. The third-order valence-corrected chi connectivity index (χ3v) is 7.17. The predicted octanol–water partition coefficient (Wildman–Crippen LogP) is 5.36. The molecule has 0 bridgehead atoms. The van der Waals surface area contributed by atoms with Gasteiger partial charge in [0.05, 0.1) is 11.1 Å². The molecule has 1 aliphatic carbocycles. The number of nitrogens with zero attached hydrogens (tertiary/aromatic N) is 5. The number of hydrogen-bond donors (Lipinski definition) is 3. The van der Waals surface area contributed by atoms with Crippen molar-refractivity contribution in [2.45, 2.75) is 38.0 Å². The third-order valence-electron chi connectivity index (χ3n) is 7.17. The lowest BCUT2D eigenvalue weighted by molar-refractivity contribution is -0.138. The quantitative estimate of drug-likeness (QED) is 0.288. The minimum atomic E-state index is -0.710. The summed E-state index contributed by atoms with van der Waals surface area (Å²) in [5.74, 6) is 0.392. The minimum absolute atomic E-state index is 0.263. The Kier molecular flexibility index (Phi) is 5.91. The Morgan fingerprint density at radius 2 is 1.76 bits per heavy atom. The van der Waals surface area contributed by atoms with Gasteiger partial charge in [-0.1, -0.05) is 30.3 Å². The highest BCUT2D eigenvalue weighted by molar-refractivity contribution is 5.79. The normalized spacial score (nSPS) is 17.8. The Balaban J connectivity index is 1.19. The molecule has 0 unspecified atom stereocenters. The number of aromatic amines is 2. The summed E-state index contributed by atoms with van der Waals surface area (Å²) in [6.45, 7) is 0. The van der Waals surface area contributed by atoms with E-state index < -0.39 is 5.97 Å². The number of aromatic nitrogens is 7. The number of fused-ring (bicyclic) bond motifs is 1. The van der Waals surface area contributed by atoms with Gasteiger partial charge in [0.1, 0.15) is 17.3 Å². The molecule has 3 heterocycles. The summed E-state index contributed by atoms with van der Waals surface area (Å²) in [5, 5.41) is 22.8. The maximum Gasteiger partial charge on any atom is 0.303 e. The van der Waals surface area contributed by atoms with Crippen LogP contribution in [0.3, 0.4) is 0 Å². The van der Waals surface area contributed by atoms with Crippen LogP contribution in [0.1, 0.15) is 43.6 Å². The molecule has 2 aromatic carbocycles. The van der Waals surface area contributed by atoms with Gasteiger partial charge in [-0.2, -0.15) is 5.21 Å². The van der Waals surface area contributed by atoms with Crippen molar-refractivity contribution in [3.05, 3.63) is 66.0 Å². The lowest BCUT2D eigenvalue weighted by Crippen LogP contribution is -2.16. The number of tetrazole rings is 1. The van der Waals surface area contributed by atoms with E-state index in [1.54, 1.807) is 18.2 Å². The Morgan fingerprint density at radius 3 is 2.46 bits per heavy atom. The first-order valence-corrected chi connectivity index (χ1v) is 12.3. The Hall–Kier alpha value is -4.47. The van der Waals surface area contributed by atoms with Gasteiger partial charge in [0.25, 0.3) is 0 Å². The molecule has 37 heavy (non-hydrogen) atoms. The summed E-state index contributed by atoms with van der Waals surface area (Å²) in [4.78, 5) is 23.0. The molecule has 0 aliphatic heterocycles. The highest BCUT2D eigenvalue weighted by Gasteiger charge is 2.24. The van der Waals surface area contributed by atoms with Crippen molar-refractivity contribution in [1.29, 1.82) is 0 Å². The molecule has 1 saturated carbocycles. The van der Waals surface area contributed by atoms with E-state index in [1.165, 1.54) is 11.6 Å². The van der Waals surface area contributed by atoms with Crippen molar-refractivity contribution in [1.82, 2.24) is 35.6 Å². The zero-order valence-electron chi connectivity index (χ0n) is 19.9. The second kappa shape index (κ2) is 9.53. The number of imidazole rings is 1. The molecule has 0 saturated heterocycles. The van der Waals surface area contributed by atoms with Crippen LogP contribution in [0.2, 0.25) is 0 Å². The average Bonchev–Trinajstić information content (AvgIpc) is 3.59. The number of hydrogen-bond acceptors (Lipinski definition) is 6. The molecule has 0 amide bonds. The van der Waals surface area contributed by atoms with Crippen LogP contribution in [0.15, 0.2) is 54.6 Å². The largest absolute Gasteiger partial charge is 0.481 e. The molecule has 6 rings (SSSR count). The fraction of sp³-hybridized carbons (Fsp3) is 0.259. The van der Waals surface area contributed by atoms with Crippen molar-refractivity contribution in [3.63, 3.8) is 0 Å². The van der Waals surface area contributed by atoms with Crippen LogP contribution < -0.4 is 0 Å². The number of rotatable bonds is 6. The highest BCUT2D eigenvalue weighted by atomic mass is 19.1. The Labute approximate surface area is 211 Å². The second-order valence-corrected chi connectivity index (χ2v) is 9.52. The summed E-state index contributed by atoms with van der Waals surface area (Å²) in [5.41, 5.74) is 4.97. The first kappa shape index (κ1) is 23.0. The number of nitrogens with one attached hydrogen (secondary N) is 2. The van der Waals surface area contributed by atoms with E-state index in [4.69, 9.17) is 5.11 Å². The average molecular weight is 498 g/mol. The number of aliphatic carboxylic acids is 1. The van der Waals surface area contributed by atoms with Crippen molar-refractivity contribution in [2.24, 2.45) is 5.92 Å². The number of carboxylic acids is 1. The number of halogens is 1. The maximum atomic E-state index is 15.2. The van der Waals surface area contributed by atoms with Gasteiger partial charge in [0, 0.05) is 6.42 Å². The van der Waals surface area contributed by atoms with Crippen LogP contribution in [0.4, 0.5) is 4.39 Å². The topological polar surface area (TPSA) is 133 Å². The fourth-order valence-corrected chi connectivity index (χ4v) is 5.20.